The molecule has 0 aromatic heterocycles. The van der Waals surface area contributed by atoms with Crippen molar-refractivity contribution in [3.05, 3.63) is 34.3 Å². The summed E-state index contributed by atoms with van der Waals surface area (Å²) in [6, 6.07) is 8.44. The largest absolute Gasteiger partial charge is 0.444 e. The minimum absolute atomic E-state index is 0.121. The van der Waals surface area contributed by atoms with Crippen molar-refractivity contribution in [2.45, 2.75) is 38.8 Å². The van der Waals surface area contributed by atoms with Crippen molar-refractivity contribution >= 4 is 27.9 Å². The first kappa shape index (κ1) is 19.0. The number of amides is 2. The number of hydrogen-bond acceptors (Lipinski definition) is 4. The number of rotatable bonds is 5. The first-order valence-corrected chi connectivity index (χ1v) is 7.89. The van der Waals surface area contributed by atoms with Gasteiger partial charge in [0.15, 0.2) is 0 Å². The molecule has 7 heteroatoms. The van der Waals surface area contributed by atoms with E-state index in [1.165, 1.54) is 0 Å². The van der Waals surface area contributed by atoms with Gasteiger partial charge < -0.3 is 15.4 Å². The molecule has 1 rings (SSSR count). The Hall–Kier alpha value is -2.07. The molecule has 0 bridgehead atoms. The van der Waals surface area contributed by atoms with Crippen LogP contribution < -0.4 is 10.6 Å². The number of carbonyl (C=O) groups excluding carboxylic acids is 2. The van der Waals surface area contributed by atoms with Crippen LogP contribution in [0.1, 0.15) is 26.3 Å². The van der Waals surface area contributed by atoms with Crippen LogP contribution in [0.15, 0.2) is 28.7 Å². The van der Waals surface area contributed by atoms with Crippen molar-refractivity contribution in [3.8, 4) is 6.07 Å². The van der Waals surface area contributed by atoms with Crippen LogP contribution in [0.3, 0.4) is 0 Å². The maximum Gasteiger partial charge on any atom is 0.408 e. The molecule has 1 aromatic carbocycles. The summed E-state index contributed by atoms with van der Waals surface area (Å²) in [5.41, 5.74) is 0.209. The number of ether oxygens (including phenoxy) is 1. The molecule has 2 N–H and O–H groups in total. The maximum absolute atomic E-state index is 12.1. The summed E-state index contributed by atoms with van der Waals surface area (Å²) >= 11 is 3.37. The van der Waals surface area contributed by atoms with E-state index in [-0.39, 0.29) is 13.0 Å². The molecule has 0 radical (unpaired) electrons. The van der Waals surface area contributed by atoms with Gasteiger partial charge in [0.25, 0.3) is 0 Å². The molecule has 0 aliphatic rings. The monoisotopic (exact) mass is 381 g/mol. The highest BCUT2D eigenvalue weighted by atomic mass is 79.9. The number of alkyl carbamates (subject to hydrolysis) is 1. The van der Waals surface area contributed by atoms with Crippen LogP contribution in [0.25, 0.3) is 0 Å². The molecule has 0 saturated heterocycles. The van der Waals surface area contributed by atoms with Crippen molar-refractivity contribution in [1.29, 1.82) is 5.26 Å². The molecule has 0 fully saturated rings. The number of halogens is 1. The average Bonchev–Trinajstić information content (AvgIpc) is 2.42. The van der Waals surface area contributed by atoms with Crippen LogP contribution in [0, 0.1) is 11.3 Å². The molecule has 124 valence electrons. The molecule has 1 atom stereocenters. The first-order chi connectivity index (χ1) is 10.7. The van der Waals surface area contributed by atoms with Gasteiger partial charge in [-0.1, -0.05) is 28.1 Å². The highest BCUT2D eigenvalue weighted by Gasteiger charge is 2.24. The van der Waals surface area contributed by atoms with Crippen molar-refractivity contribution in [2.24, 2.45) is 0 Å². The second-order valence-electron chi connectivity index (χ2n) is 5.91. The third-order valence-electron chi connectivity index (χ3n) is 2.68. The van der Waals surface area contributed by atoms with E-state index in [2.05, 4.69) is 26.6 Å². The predicted octanol–water partition coefficient (Wildman–Crippen LogP) is 2.52. The summed E-state index contributed by atoms with van der Waals surface area (Å²) in [7, 11) is 0. The van der Waals surface area contributed by atoms with Crippen LogP contribution in [0.4, 0.5) is 4.79 Å². The fraction of sp³-hybridized carbons (Fsp3) is 0.438. The molecule has 0 heterocycles. The van der Waals surface area contributed by atoms with Gasteiger partial charge in [-0.15, -0.1) is 0 Å². The zero-order valence-electron chi connectivity index (χ0n) is 13.4. The quantitative estimate of drug-likeness (QED) is 0.766. The van der Waals surface area contributed by atoms with Crippen LogP contribution in [-0.4, -0.2) is 30.2 Å². The van der Waals surface area contributed by atoms with E-state index in [0.29, 0.717) is 0 Å². The van der Waals surface area contributed by atoms with Crippen molar-refractivity contribution in [3.63, 3.8) is 0 Å². The number of nitriles is 1. The first-order valence-electron chi connectivity index (χ1n) is 7.10. The van der Waals surface area contributed by atoms with Gasteiger partial charge in [-0.05, 0) is 38.5 Å². The summed E-state index contributed by atoms with van der Waals surface area (Å²) in [6.45, 7) is 5.10. The summed E-state index contributed by atoms with van der Waals surface area (Å²) in [5.74, 6) is -0.433. The molecule has 1 aromatic rings. The standard InChI is InChI=1S/C16H20BrN3O3/c1-16(2,3)23-15(22)20-13(14(21)19-8-7-18)10-11-5-4-6-12(17)9-11/h4-6,9,13H,8,10H2,1-3H3,(H,19,21)(H,20,22). The highest BCUT2D eigenvalue weighted by molar-refractivity contribution is 9.10. The van der Waals surface area contributed by atoms with Crippen molar-refractivity contribution < 1.29 is 14.3 Å². The molecule has 0 spiro atoms. The maximum atomic E-state index is 12.1. The zero-order chi connectivity index (χ0) is 17.5. The topological polar surface area (TPSA) is 91.2 Å². The van der Waals surface area contributed by atoms with E-state index >= 15 is 0 Å². The van der Waals surface area contributed by atoms with E-state index in [4.69, 9.17) is 10.00 Å². The van der Waals surface area contributed by atoms with Crippen LogP contribution in [-0.2, 0) is 16.0 Å². The van der Waals surface area contributed by atoms with Gasteiger partial charge in [0, 0.05) is 10.9 Å². The van der Waals surface area contributed by atoms with E-state index in [0.717, 1.165) is 10.0 Å². The van der Waals surface area contributed by atoms with E-state index in [9.17, 15) is 9.59 Å². The Bertz CT molecular complexity index is 605. The van der Waals surface area contributed by atoms with Gasteiger partial charge in [0.2, 0.25) is 5.91 Å². The normalized spacial score (nSPS) is 12.0. The Balaban J connectivity index is 2.82. The van der Waals surface area contributed by atoms with Gasteiger partial charge in [0.05, 0.1) is 6.07 Å². The molecule has 23 heavy (non-hydrogen) atoms. The smallest absolute Gasteiger partial charge is 0.408 e. The number of nitrogens with zero attached hydrogens (tertiary/aromatic N) is 1. The minimum Gasteiger partial charge on any atom is -0.444 e. The Labute approximate surface area is 144 Å². The Morgan fingerprint density at radius 2 is 2.09 bits per heavy atom. The molecule has 1 unspecified atom stereocenters. The number of carbonyl (C=O) groups is 2. The second-order valence-corrected chi connectivity index (χ2v) is 6.82. The minimum atomic E-state index is -0.826. The van der Waals surface area contributed by atoms with E-state index < -0.39 is 23.6 Å². The summed E-state index contributed by atoms with van der Waals surface area (Å²) in [4.78, 5) is 24.1. The SMILES string of the molecule is CC(C)(C)OC(=O)NC(Cc1cccc(Br)c1)C(=O)NCC#N. The van der Waals surface area contributed by atoms with Crippen LogP contribution in [0.2, 0.25) is 0 Å². The summed E-state index contributed by atoms with van der Waals surface area (Å²) in [5, 5.41) is 13.6. The molecule has 0 saturated carbocycles. The highest BCUT2D eigenvalue weighted by Crippen LogP contribution is 2.14. The van der Waals surface area contributed by atoms with Gasteiger partial charge >= 0.3 is 6.09 Å². The molecular formula is C16H20BrN3O3. The van der Waals surface area contributed by atoms with Crippen molar-refractivity contribution in [1.82, 2.24) is 10.6 Å². The van der Waals surface area contributed by atoms with Crippen molar-refractivity contribution in [2.75, 3.05) is 6.54 Å². The summed E-state index contributed by atoms with van der Waals surface area (Å²) < 4.78 is 6.06. The fourth-order valence-corrected chi connectivity index (χ4v) is 2.26. The van der Waals surface area contributed by atoms with Gasteiger partial charge in [-0.2, -0.15) is 5.26 Å². The lowest BCUT2D eigenvalue weighted by Crippen LogP contribution is -2.49. The molecule has 6 nitrogen and oxygen atoms in total. The fourth-order valence-electron chi connectivity index (χ4n) is 1.81. The Kier molecular flexibility index (Phi) is 7.04. The van der Waals surface area contributed by atoms with Gasteiger partial charge in [0.1, 0.15) is 18.2 Å². The number of benzene rings is 1. The van der Waals surface area contributed by atoms with E-state index in [1.54, 1.807) is 20.8 Å². The lowest BCUT2D eigenvalue weighted by molar-refractivity contribution is -0.122. The number of nitrogens with one attached hydrogen (secondary N) is 2. The van der Waals surface area contributed by atoms with Gasteiger partial charge in [-0.25, -0.2) is 4.79 Å². The molecule has 2 amide bonds. The Morgan fingerprint density at radius 1 is 1.39 bits per heavy atom. The Morgan fingerprint density at radius 3 is 2.65 bits per heavy atom. The lowest BCUT2D eigenvalue weighted by Gasteiger charge is -2.23. The summed E-state index contributed by atoms with van der Waals surface area (Å²) in [6.07, 6.45) is -0.389. The molecule has 0 aliphatic heterocycles. The zero-order valence-corrected chi connectivity index (χ0v) is 14.9. The predicted molar refractivity (Wildman–Crippen MR) is 89.6 cm³/mol. The lowest BCUT2D eigenvalue weighted by atomic mass is 10.1. The van der Waals surface area contributed by atoms with Gasteiger partial charge in [-0.3, -0.25) is 4.79 Å². The second kappa shape index (κ2) is 8.53. The third kappa shape index (κ3) is 7.66. The average molecular weight is 382 g/mol. The van der Waals surface area contributed by atoms with Crippen LogP contribution >= 0.6 is 15.9 Å². The third-order valence-corrected chi connectivity index (χ3v) is 3.17. The van der Waals surface area contributed by atoms with Crippen LogP contribution in [0.5, 0.6) is 0 Å². The molecule has 0 aliphatic carbocycles. The number of hydrogen-bond donors (Lipinski definition) is 2. The van der Waals surface area contributed by atoms with E-state index in [1.807, 2.05) is 30.3 Å². The molecular weight excluding hydrogens is 362 g/mol.